The molecule has 3 nitrogen and oxygen atoms in total. The monoisotopic (exact) mass is 245 g/mol. The van der Waals surface area contributed by atoms with E-state index in [9.17, 15) is 10.1 Å². The van der Waals surface area contributed by atoms with E-state index in [1.165, 1.54) is 0 Å². The summed E-state index contributed by atoms with van der Waals surface area (Å²) in [6.07, 6.45) is 4.18. The smallest absolute Gasteiger partial charge is 0.160 e. The molecule has 1 heterocycles. The van der Waals surface area contributed by atoms with E-state index in [4.69, 9.17) is 4.74 Å². The van der Waals surface area contributed by atoms with Gasteiger partial charge >= 0.3 is 0 Å². The molecule has 1 aliphatic heterocycles. The number of rotatable bonds is 0. The number of hydrogen-bond acceptors (Lipinski definition) is 3. The van der Waals surface area contributed by atoms with Gasteiger partial charge in [0.2, 0.25) is 0 Å². The number of Topliss-reactive ketones (excluding diaryl/α,β-unsaturated/α-hetero) is 1. The molecule has 0 aromatic carbocycles. The quantitative estimate of drug-likeness (QED) is 0.616. The first kappa shape index (κ1) is 11.9. The second kappa shape index (κ2) is 3.68. The highest BCUT2D eigenvalue weighted by atomic mass is 16.5. The summed E-state index contributed by atoms with van der Waals surface area (Å²) in [5, 5.41) is 9.68. The summed E-state index contributed by atoms with van der Waals surface area (Å²) >= 11 is 0. The molecule has 1 saturated heterocycles. The zero-order chi connectivity index (χ0) is 13.0. The van der Waals surface area contributed by atoms with Gasteiger partial charge in [-0.2, -0.15) is 5.26 Å². The first-order valence-corrected chi connectivity index (χ1v) is 6.80. The molecule has 0 spiro atoms. The van der Waals surface area contributed by atoms with E-state index in [2.05, 4.69) is 19.6 Å². The van der Waals surface area contributed by atoms with E-state index >= 15 is 0 Å². The van der Waals surface area contributed by atoms with Crippen LogP contribution in [0.5, 0.6) is 0 Å². The summed E-state index contributed by atoms with van der Waals surface area (Å²) in [5.74, 6) is 0.147. The van der Waals surface area contributed by atoms with Crippen molar-refractivity contribution in [2.75, 3.05) is 6.61 Å². The van der Waals surface area contributed by atoms with Crippen LogP contribution >= 0.6 is 0 Å². The maximum absolute atomic E-state index is 12.5. The maximum Gasteiger partial charge on any atom is 0.160 e. The van der Waals surface area contributed by atoms with Gasteiger partial charge in [0.25, 0.3) is 0 Å². The Balaban J connectivity index is 2.13. The molecule has 3 aliphatic rings. The average molecular weight is 245 g/mol. The van der Waals surface area contributed by atoms with Crippen LogP contribution in [0.25, 0.3) is 0 Å². The molecule has 0 N–H and O–H groups in total. The normalized spacial score (nSPS) is 47.3. The van der Waals surface area contributed by atoms with Gasteiger partial charge < -0.3 is 4.74 Å². The van der Waals surface area contributed by atoms with Gasteiger partial charge in [-0.25, -0.2) is 0 Å². The molecule has 2 aliphatic carbocycles. The first-order chi connectivity index (χ1) is 8.55. The molecular weight excluding hydrogens is 226 g/mol. The molecule has 0 radical (unpaired) electrons. The molecular formula is C15H19NO2. The Bertz CT molecular complexity index is 464. The Kier molecular flexibility index (Phi) is 2.44. The summed E-state index contributed by atoms with van der Waals surface area (Å²) < 4.78 is 5.74. The number of nitrogens with zero attached hydrogens (tertiary/aromatic N) is 1. The van der Waals surface area contributed by atoms with Crippen molar-refractivity contribution in [3.8, 4) is 6.07 Å². The second-order valence-electron chi connectivity index (χ2n) is 6.21. The summed E-state index contributed by atoms with van der Waals surface area (Å²) in [6.45, 7) is 6.98. The highest BCUT2D eigenvalue weighted by molar-refractivity contribution is 5.93. The number of carbonyl (C=O) groups excluding carboxylic acids is 1. The molecule has 18 heavy (non-hydrogen) atoms. The molecule has 3 heteroatoms. The summed E-state index contributed by atoms with van der Waals surface area (Å²) in [7, 11) is 0. The van der Waals surface area contributed by atoms with Crippen LogP contribution in [0.4, 0.5) is 0 Å². The Morgan fingerprint density at radius 3 is 3.06 bits per heavy atom. The van der Waals surface area contributed by atoms with Gasteiger partial charge in [-0.05, 0) is 37.2 Å². The fraction of sp³-hybridized carbons (Fsp3) is 0.733. The first-order valence-electron chi connectivity index (χ1n) is 6.80. The topological polar surface area (TPSA) is 50.1 Å². The van der Waals surface area contributed by atoms with Gasteiger partial charge in [0.1, 0.15) is 5.41 Å². The predicted octanol–water partition coefficient (Wildman–Crippen LogP) is 2.62. The predicted molar refractivity (Wildman–Crippen MR) is 66.6 cm³/mol. The highest BCUT2D eigenvalue weighted by Crippen LogP contribution is 2.61. The number of allylic oxidation sites excluding steroid dienone is 1. The van der Waals surface area contributed by atoms with Gasteiger partial charge in [0.05, 0.1) is 12.2 Å². The summed E-state index contributed by atoms with van der Waals surface area (Å²) in [6, 6.07) is 2.35. The highest BCUT2D eigenvalue weighted by Gasteiger charge is 2.64. The van der Waals surface area contributed by atoms with Crippen LogP contribution in [0, 0.1) is 28.1 Å². The van der Waals surface area contributed by atoms with Crippen LogP contribution in [0.1, 0.15) is 39.0 Å². The molecule has 0 unspecified atom stereocenters. The van der Waals surface area contributed by atoms with Crippen molar-refractivity contribution in [3.63, 3.8) is 0 Å². The number of fused-ring (bicyclic) bond motifs is 3. The number of carbonyl (C=O) groups is 1. The van der Waals surface area contributed by atoms with Gasteiger partial charge in [0.15, 0.2) is 5.78 Å². The molecule has 3 rings (SSSR count). The Labute approximate surface area is 108 Å². The van der Waals surface area contributed by atoms with Crippen LogP contribution in [-0.4, -0.2) is 18.5 Å². The fourth-order valence-electron chi connectivity index (χ4n) is 4.41. The van der Waals surface area contributed by atoms with E-state index in [1.807, 2.05) is 0 Å². The minimum absolute atomic E-state index is 0.0161. The molecule has 0 aromatic rings. The number of nitriles is 1. The maximum atomic E-state index is 12.5. The van der Waals surface area contributed by atoms with Crippen molar-refractivity contribution in [1.29, 1.82) is 5.26 Å². The molecule has 2 saturated carbocycles. The lowest BCUT2D eigenvalue weighted by atomic mass is 9.48. The van der Waals surface area contributed by atoms with E-state index < -0.39 is 5.41 Å². The van der Waals surface area contributed by atoms with Crippen molar-refractivity contribution in [3.05, 3.63) is 12.2 Å². The average Bonchev–Trinajstić information content (AvgIpc) is 2.72. The van der Waals surface area contributed by atoms with Crippen LogP contribution in [0.3, 0.4) is 0 Å². The number of hydrogen-bond donors (Lipinski definition) is 0. The van der Waals surface area contributed by atoms with Gasteiger partial charge in [0, 0.05) is 18.4 Å². The van der Waals surface area contributed by atoms with Gasteiger partial charge in [-0.15, -0.1) is 0 Å². The summed E-state index contributed by atoms with van der Waals surface area (Å²) in [4.78, 5) is 12.5. The molecule has 3 fully saturated rings. The SMILES string of the molecule is C=C1CCC[C@H]2[C@]1(C#N)C(=O)C[C@H]1OCC[C@]12C. The second-order valence-corrected chi connectivity index (χ2v) is 6.21. The van der Waals surface area contributed by atoms with Crippen molar-refractivity contribution < 1.29 is 9.53 Å². The van der Waals surface area contributed by atoms with E-state index in [1.54, 1.807) is 0 Å². The largest absolute Gasteiger partial charge is 0.377 e. The lowest BCUT2D eigenvalue weighted by Gasteiger charge is -2.53. The Hall–Kier alpha value is -1.14. The third-order valence-corrected chi connectivity index (χ3v) is 5.53. The van der Waals surface area contributed by atoms with Crippen molar-refractivity contribution >= 4 is 5.78 Å². The minimum Gasteiger partial charge on any atom is -0.377 e. The number of ketones is 1. The molecule has 4 atom stereocenters. The van der Waals surface area contributed by atoms with Crippen LogP contribution in [-0.2, 0) is 9.53 Å². The van der Waals surface area contributed by atoms with Gasteiger partial charge in [-0.1, -0.05) is 13.5 Å². The molecule has 0 bridgehead atoms. The van der Waals surface area contributed by atoms with Crippen molar-refractivity contribution in [2.24, 2.45) is 16.7 Å². The zero-order valence-corrected chi connectivity index (χ0v) is 10.9. The zero-order valence-electron chi connectivity index (χ0n) is 10.9. The fourth-order valence-corrected chi connectivity index (χ4v) is 4.41. The molecule has 96 valence electrons. The minimum atomic E-state index is -0.919. The van der Waals surface area contributed by atoms with Crippen LogP contribution < -0.4 is 0 Å². The third-order valence-electron chi connectivity index (χ3n) is 5.53. The molecule has 0 aromatic heterocycles. The lowest BCUT2D eigenvalue weighted by Crippen LogP contribution is -2.57. The standard InChI is InChI=1S/C15H19NO2/c1-10-4-3-5-11-14(2)6-7-18-13(14)8-12(17)15(10,11)9-16/h11,13H,1,3-8H2,2H3/t11-,13-,14+,15-/m1/s1. The lowest BCUT2D eigenvalue weighted by molar-refractivity contribution is -0.144. The molecule has 0 amide bonds. The van der Waals surface area contributed by atoms with Crippen molar-refractivity contribution in [1.82, 2.24) is 0 Å². The van der Waals surface area contributed by atoms with E-state index in [0.717, 1.165) is 37.9 Å². The Morgan fingerprint density at radius 1 is 1.56 bits per heavy atom. The third kappa shape index (κ3) is 1.20. The van der Waals surface area contributed by atoms with Crippen LogP contribution in [0.2, 0.25) is 0 Å². The van der Waals surface area contributed by atoms with E-state index in [0.29, 0.717) is 6.42 Å². The van der Waals surface area contributed by atoms with Crippen LogP contribution in [0.15, 0.2) is 12.2 Å². The number of ether oxygens (including phenoxy) is 1. The van der Waals surface area contributed by atoms with Crippen molar-refractivity contribution in [2.45, 2.75) is 45.1 Å². The van der Waals surface area contributed by atoms with E-state index in [-0.39, 0.29) is 23.2 Å². The van der Waals surface area contributed by atoms with Gasteiger partial charge in [-0.3, -0.25) is 4.79 Å². The summed E-state index contributed by atoms with van der Waals surface area (Å²) in [5.41, 5.74) is -0.0951. The Morgan fingerprint density at radius 2 is 2.33 bits per heavy atom.